The van der Waals surface area contributed by atoms with Crippen LogP contribution in [0.2, 0.25) is 0 Å². The number of rotatable bonds is 24. The lowest BCUT2D eigenvalue weighted by Crippen LogP contribution is -2.14. The lowest BCUT2D eigenvalue weighted by atomic mass is 9.80. The summed E-state index contributed by atoms with van der Waals surface area (Å²) in [6.07, 6.45) is 13.8. The van der Waals surface area contributed by atoms with E-state index in [9.17, 15) is 0 Å². The molecular formula is C56H64O8. The van der Waals surface area contributed by atoms with E-state index in [1.807, 2.05) is 24.3 Å². The Morgan fingerprint density at radius 1 is 0.266 bits per heavy atom. The summed E-state index contributed by atoms with van der Waals surface area (Å²) in [7, 11) is 0. The molecule has 0 saturated heterocycles. The van der Waals surface area contributed by atoms with Crippen LogP contribution in [0.1, 0.15) is 95.9 Å². The van der Waals surface area contributed by atoms with Crippen LogP contribution < -0.4 is 37.9 Å². The van der Waals surface area contributed by atoms with E-state index in [-0.39, 0.29) is 76.5 Å². The topological polar surface area (TPSA) is 73.8 Å². The second-order valence-electron chi connectivity index (χ2n) is 15.4. The van der Waals surface area contributed by atoms with Gasteiger partial charge in [-0.2, -0.15) is 0 Å². The predicted octanol–water partition coefficient (Wildman–Crippen LogP) is 13.1. The van der Waals surface area contributed by atoms with Gasteiger partial charge in [-0.05, 0) is 24.3 Å². The van der Waals surface area contributed by atoms with Gasteiger partial charge >= 0.3 is 0 Å². The number of ether oxygens (including phenoxy) is 8. The van der Waals surface area contributed by atoms with Gasteiger partial charge in [-0.1, -0.05) is 129 Å². The molecule has 64 heavy (non-hydrogen) atoms. The largest absolute Gasteiger partial charge is 0.489 e. The van der Waals surface area contributed by atoms with E-state index in [2.05, 4.69) is 105 Å². The molecule has 1 aliphatic rings. The summed E-state index contributed by atoms with van der Waals surface area (Å²) in [5, 5.41) is 0. The zero-order chi connectivity index (χ0) is 46.2. The van der Waals surface area contributed by atoms with Gasteiger partial charge in [0.25, 0.3) is 0 Å². The Bertz CT molecular complexity index is 1870. The van der Waals surface area contributed by atoms with Crippen molar-refractivity contribution >= 4 is 0 Å². The van der Waals surface area contributed by atoms with Crippen LogP contribution in [0.25, 0.3) is 0 Å². The first-order valence-electron chi connectivity index (χ1n) is 21.7. The van der Waals surface area contributed by atoms with Gasteiger partial charge in [0.15, 0.2) is 0 Å². The number of fused-ring (bicyclic) bond motifs is 8. The number of hydrogen-bond donors (Lipinski definition) is 0. The van der Waals surface area contributed by atoms with Crippen LogP contribution in [0.4, 0.5) is 0 Å². The van der Waals surface area contributed by atoms with Crippen molar-refractivity contribution < 1.29 is 37.9 Å². The first-order valence-corrected chi connectivity index (χ1v) is 21.7. The molecule has 0 amide bonds. The molecule has 0 N–H and O–H groups in total. The third-order valence-corrected chi connectivity index (χ3v) is 11.2. The van der Waals surface area contributed by atoms with Crippen molar-refractivity contribution in [1.82, 2.24) is 0 Å². The molecule has 1 aliphatic carbocycles. The molecule has 8 bridgehead atoms. The smallest absolute Gasteiger partial charge is 0.127 e. The molecule has 4 aromatic rings. The highest BCUT2D eigenvalue weighted by Crippen LogP contribution is 2.51. The molecule has 0 heterocycles. The first kappa shape index (κ1) is 48.2. The molecule has 4 aromatic carbocycles. The lowest BCUT2D eigenvalue weighted by Gasteiger charge is -2.29. The Hall–Kier alpha value is -6.80. The molecule has 0 unspecified atom stereocenters. The predicted molar refractivity (Wildman–Crippen MR) is 261 cm³/mol. The van der Waals surface area contributed by atoms with Crippen molar-refractivity contribution in [3.05, 3.63) is 194 Å². The summed E-state index contributed by atoms with van der Waals surface area (Å²) in [5.41, 5.74) is 7.32. The summed E-state index contributed by atoms with van der Waals surface area (Å²) in [6, 6.07) is 16.6. The number of hydrogen-bond acceptors (Lipinski definition) is 8. The third-order valence-electron chi connectivity index (χ3n) is 11.2. The molecule has 0 aliphatic heterocycles. The summed E-state index contributed by atoms with van der Waals surface area (Å²) in [6.45, 7) is 42.4. The Labute approximate surface area is 381 Å². The summed E-state index contributed by atoms with van der Waals surface area (Å²) < 4.78 is 51.8. The van der Waals surface area contributed by atoms with Crippen LogP contribution in [-0.4, -0.2) is 52.9 Å². The van der Waals surface area contributed by atoms with Crippen LogP contribution in [0, 0.1) is 0 Å². The molecule has 8 heteroatoms. The van der Waals surface area contributed by atoms with Gasteiger partial charge in [0.05, 0.1) is 0 Å². The SMILES string of the molecule is C=CCOc1cc(OCC=C)c2cc1C(C)c1cc(c(OCC=C)cc1OCC=C)C(C)c1cc(c(OCC=C)cc1OCC=C)C(C)c1cc(c(OCC=C)cc1OCC=C)C2C. The quantitative estimate of drug-likeness (QED) is 0.0645. The van der Waals surface area contributed by atoms with E-state index in [1.165, 1.54) is 0 Å². The van der Waals surface area contributed by atoms with Crippen LogP contribution in [0.15, 0.2) is 150 Å². The minimum Gasteiger partial charge on any atom is -0.489 e. The second-order valence-corrected chi connectivity index (χ2v) is 15.4. The van der Waals surface area contributed by atoms with E-state index in [1.54, 1.807) is 48.6 Å². The Morgan fingerprint density at radius 3 is 0.500 bits per heavy atom. The highest BCUT2D eigenvalue weighted by molar-refractivity contribution is 5.63. The molecule has 0 spiro atoms. The Balaban J connectivity index is 2.02. The maximum absolute atomic E-state index is 6.48. The molecular weight excluding hydrogens is 801 g/mol. The molecule has 0 saturated carbocycles. The van der Waals surface area contributed by atoms with E-state index in [0.717, 1.165) is 44.5 Å². The minimum absolute atomic E-state index is 0.279. The second kappa shape index (κ2) is 23.6. The Morgan fingerprint density at radius 2 is 0.391 bits per heavy atom. The fourth-order valence-corrected chi connectivity index (χ4v) is 7.95. The van der Waals surface area contributed by atoms with Gasteiger partial charge in [-0.25, -0.2) is 0 Å². The molecule has 0 fully saturated rings. The maximum Gasteiger partial charge on any atom is 0.127 e. The molecule has 336 valence electrons. The number of benzene rings is 4. The molecule has 0 aromatic heterocycles. The van der Waals surface area contributed by atoms with E-state index in [0.29, 0.717) is 46.0 Å². The Kier molecular flexibility index (Phi) is 17.8. The van der Waals surface area contributed by atoms with Crippen LogP contribution in [0.3, 0.4) is 0 Å². The van der Waals surface area contributed by atoms with E-state index < -0.39 is 0 Å². The third kappa shape index (κ3) is 11.0. The van der Waals surface area contributed by atoms with E-state index in [4.69, 9.17) is 37.9 Å². The van der Waals surface area contributed by atoms with Crippen molar-refractivity contribution in [1.29, 1.82) is 0 Å². The van der Waals surface area contributed by atoms with Crippen LogP contribution in [0.5, 0.6) is 46.0 Å². The normalized spacial score (nSPS) is 16.2. The monoisotopic (exact) mass is 864 g/mol. The van der Waals surface area contributed by atoms with Gasteiger partial charge in [-0.15, -0.1) is 0 Å². The van der Waals surface area contributed by atoms with E-state index >= 15 is 0 Å². The summed E-state index contributed by atoms with van der Waals surface area (Å²) >= 11 is 0. The average molecular weight is 865 g/mol. The summed E-state index contributed by atoms with van der Waals surface area (Å²) in [5.74, 6) is 4.02. The van der Waals surface area contributed by atoms with Crippen LogP contribution >= 0.6 is 0 Å². The fraction of sp³-hybridized carbons (Fsp3) is 0.286. The van der Waals surface area contributed by atoms with Crippen molar-refractivity contribution in [2.24, 2.45) is 0 Å². The fourth-order valence-electron chi connectivity index (χ4n) is 7.95. The zero-order valence-corrected chi connectivity index (χ0v) is 38.1. The zero-order valence-electron chi connectivity index (χ0n) is 38.1. The molecule has 0 atom stereocenters. The van der Waals surface area contributed by atoms with Crippen molar-refractivity contribution in [3.63, 3.8) is 0 Å². The van der Waals surface area contributed by atoms with Gasteiger partial charge in [0, 0.05) is 92.4 Å². The lowest BCUT2D eigenvalue weighted by molar-refractivity contribution is 0.331. The van der Waals surface area contributed by atoms with Crippen molar-refractivity contribution in [3.8, 4) is 46.0 Å². The maximum atomic E-state index is 6.48. The van der Waals surface area contributed by atoms with Gasteiger partial charge in [-0.3, -0.25) is 0 Å². The van der Waals surface area contributed by atoms with Gasteiger partial charge in [0.1, 0.15) is 98.9 Å². The first-order chi connectivity index (χ1) is 31.1. The average Bonchev–Trinajstić information content (AvgIpc) is 3.31. The van der Waals surface area contributed by atoms with Crippen molar-refractivity contribution in [2.75, 3.05) is 52.9 Å². The van der Waals surface area contributed by atoms with Crippen molar-refractivity contribution in [2.45, 2.75) is 51.4 Å². The summed E-state index contributed by atoms with van der Waals surface area (Å²) in [4.78, 5) is 0. The van der Waals surface area contributed by atoms with Crippen LogP contribution in [-0.2, 0) is 0 Å². The van der Waals surface area contributed by atoms with Gasteiger partial charge < -0.3 is 37.9 Å². The van der Waals surface area contributed by atoms with Gasteiger partial charge in [0.2, 0.25) is 0 Å². The highest BCUT2D eigenvalue weighted by atomic mass is 16.5. The molecule has 0 radical (unpaired) electrons. The highest BCUT2D eigenvalue weighted by Gasteiger charge is 2.31. The standard InChI is InChI=1S/C56H64O8/c1-13-21-57-49-33-50(58-22-14-2)42-29-41(49)37(9)43-30-44(52(60-24-16-4)34-51(43)59-23-15-3)39(11)47-32-48(56(64-28-20-8)36-55(47)63-27-19-7)40(12)46-31-45(38(42)10)53(61-25-17-5)35-54(46)62-26-18-6/h13-20,29-40H,1-8,21-28H2,9-12H3. The minimum atomic E-state index is -0.283. The molecule has 8 nitrogen and oxygen atoms in total. The molecule has 5 rings (SSSR count).